The third-order valence-electron chi connectivity index (χ3n) is 4.48. The predicted octanol–water partition coefficient (Wildman–Crippen LogP) is 4.88. The van der Waals surface area contributed by atoms with Crippen molar-refractivity contribution in [2.24, 2.45) is 0 Å². The smallest absolute Gasteiger partial charge is 0.270 e. The van der Waals surface area contributed by atoms with Gasteiger partial charge < -0.3 is 5.32 Å². The molecule has 0 bridgehead atoms. The van der Waals surface area contributed by atoms with E-state index in [0.717, 1.165) is 17.4 Å². The van der Waals surface area contributed by atoms with Crippen molar-refractivity contribution < 1.29 is 9.18 Å². The van der Waals surface area contributed by atoms with Gasteiger partial charge in [-0.2, -0.15) is 0 Å². The molecule has 0 aliphatic heterocycles. The van der Waals surface area contributed by atoms with Crippen LogP contribution in [0.15, 0.2) is 48.5 Å². The molecule has 3 aromatic rings. The number of halogens is 1. The molecule has 1 unspecified atom stereocenters. The molecule has 0 saturated carbocycles. The van der Waals surface area contributed by atoms with Crippen LogP contribution >= 0.6 is 0 Å². The molecule has 25 heavy (non-hydrogen) atoms. The van der Waals surface area contributed by atoms with Crippen molar-refractivity contribution in [1.29, 1.82) is 0 Å². The van der Waals surface area contributed by atoms with Crippen LogP contribution in [0.4, 0.5) is 4.39 Å². The molecule has 1 aromatic heterocycles. The third kappa shape index (κ3) is 3.25. The fourth-order valence-corrected chi connectivity index (χ4v) is 2.93. The summed E-state index contributed by atoms with van der Waals surface area (Å²) in [4.78, 5) is 17.2. The Hall–Kier alpha value is -2.75. The number of carbonyl (C=O) groups is 1. The van der Waals surface area contributed by atoms with Crippen LogP contribution in [0.25, 0.3) is 22.0 Å². The standard InChI is InChI=1S/C21H21FN2O/c1-4-13(2)23-21(25)20-14(3)19(15-9-5-7-11-17(15)22)16-10-6-8-12-18(16)24-20/h5-13H,4H2,1-3H3,(H,23,25). The lowest BCUT2D eigenvalue weighted by atomic mass is 9.94. The van der Waals surface area contributed by atoms with Crippen LogP contribution < -0.4 is 5.32 Å². The van der Waals surface area contributed by atoms with Crippen molar-refractivity contribution in [3.05, 3.63) is 65.6 Å². The number of hydrogen-bond donors (Lipinski definition) is 1. The molecule has 3 rings (SSSR count). The highest BCUT2D eigenvalue weighted by Crippen LogP contribution is 2.34. The summed E-state index contributed by atoms with van der Waals surface area (Å²) in [5.41, 5.74) is 2.91. The Kier molecular flexibility index (Phi) is 4.79. The Bertz CT molecular complexity index is 936. The molecule has 0 fully saturated rings. The van der Waals surface area contributed by atoms with Gasteiger partial charge in [0.25, 0.3) is 5.91 Å². The second kappa shape index (κ2) is 7.01. The van der Waals surface area contributed by atoms with Gasteiger partial charge in [-0.05, 0) is 43.5 Å². The monoisotopic (exact) mass is 336 g/mol. The average Bonchev–Trinajstić information content (AvgIpc) is 2.62. The summed E-state index contributed by atoms with van der Waals surface area (Å²) in [5.74, 6) is -0.537. The molecule has 1 N–H and O–H groups in total. The van der Waals surface area contributed by atoms with E-state index >= 15 is 0 Å². The van der Waals surface area contributed by atoms with Gasteiger partial charge in [-0.15, -0.1) is 0 Å². The molecule has 0 aliphatic rings. The first-order valence-corrected chi connectivity index (χ1v) is 8.48. The Balaban J connectivity index is 2.26. The molecular formula is C21H21FN2O. The van der Waals surface area contributed by atoms with E-state index in [1.807, 2.05) is 45.0 Å². The highest BCUT2D eigenvalue weighted by Gasteiger charge is 2.20. The number of fused-ring (bicyclic) bond motifs is 1. The Morgan fingerprint density at radius 3 is 2.56 bits per heavy atom. The second-order valence-electron chi connectivity index (χ2n) is 6.24. The quantitative estimate of drug-likeness (QED) is 0.738. The molecule has 0 spiro atoms. The van der Waals surface area contributed by atoms with Gasteiger partial charge in [0.05, 0.1) is 5.52 Å². The van der Waals surface area contributed by atoms with Gasteiger partial charge in [-0.3, -0.25) is 4.79 Å². The molecule has 2 aromatic carbocycles. The first-order chi connectivity index (χ1) is 12.0. The summed E-state index contributed by atoms with van der Waals surface area (Å²) in [6, 6.07) is 14.2. The van der Waals surface area contributed by atoms with E-state index in [2.05, 4.69) is 10.3 Å². The van der Waals surface area contributed by atoms with Crippen molar-refractivity contribution >= 4 is 16.8 Å². The lowest BCUT2D eigenvalue weighted by Gasteiger charge is -2.17. The number of carbonyl (C=O) groups excluding carboxylic acids is 1. The maximum Gasteiger partial charge on any atom is 0.270 e. The highest BCUT2D eigenvalue weighted by atomic mass is 19.1. The van der Waals surface area contributed by atoms with E-state index in [0.29, 0.717) is 22.3 Å². The SMILES string of the molecule is CCC(C)NC(=O)c1nc2ccccc2c(-c2ccccc2F)c1C. The molecule has 1 heterocycles. The van der Waals surface area contributed by atoms with E-state index in [1.165, 1.54) is 6.07 Å². The van der Waals surface area contributed by atoms with Gasteiger partial charge >= 0.3 is 0 Å². The third-order valence-corrected chi connectivity index (χ3v) is 4.48. The van der Waals surface area contributed by atoms with E-state index in [-0.39, 0.29) is 17.8 Å². The normalized spacial score (nSPS) is 12.2. The van der Waals surface area contributed by atoms with Gasteiger partial charge in [-0.1, -0.05) is 43.3 Å². The first kappa shape index (κ1) is 17.1. The Morgan fingerprint density at radius 1 is 1.16 bits per heavy atom. The molecule has 0 saturated heterocycles. The number of hydrogen-bond acceptors (Lipinski definition) is 2. The molecule has 128 valence electrons. The topological polar surface area (TPSA) is 42.0 Å². The Labute approximate surface area is 146 Å². The highest BCUT2D eigenvalue weighted by molar-refractivity contribution is 6.03. The second-order valence-corrected chi connectivity index (χ2v) is 6.24. The molecule has 4 heteroatoms. The van der Waals surface area contributed by atoms with Crippen LogP contribution in [0, 0.1) is 12.7 Å². The number of aromatic nitrogens is 1. The van der Waals surface area contributed by atoms with Crippen molar-refractivity contribution in [3.63, 3.8) is 0 Å². The van der Waals surface area contributed by atoms with E-state index in [1.54, 1.807) is 18.2 Å². The summed E-state index contributed by atoms with van der Waals surface area (Å²) in [6.45, 7) is 5.79. The van der Waals surface area contributed by atoms with Crippen LogP contribution in [-0.4, -0.2) is 16.9 Å². The van der Waals surface area contributed by atoms with Gasteiger partial charge in [-0.25, -0.2) is 9.37 Å². The summed E-state index contributed by atoms with van der Waals surface area (Å²) < 4.78 is 14.5. The number of nitrogens with one attached hydrogen (secondary N) is 1. The van der Waals surface area contributed by atoms with E-state index in [9.17, 15) is 9.18 Å². The summed E-state index contributed by atoms with van der Waals surface area (Å²) in [6.07, 6.45) is 0.832. The maximum atomic E-state index is 14.5. The van der Waals surface area contributed by atoms with Crippen LogP contribution in [0.1, 0.15) is 36.3 Å². The summed E-state index contributed by atoms with van der Waals surface area (Å²) >= 11 is 0. The lowest BCUT2D eigenvalue weighted by molar-refractivity contribution is 0.0934. The van der Waals surface area contributed by atoms with E-state index in [4.69, 9.17) is 0 Å². The van der Waals surface area contributed by atoms with Crippen molar-refractivity contribution in [2.75, 3.05) is 0 Å². The van der Waals surface area contributed by atoms with E-state index < -0.39 is 0 Å². The molecule has 3 nitrogen and oxygen atoms in total. The Morgan fingerprint density at radius 2 is 1.84 bits per heavy atom. The van der Waals surface area contributed by atoms with Crippen LogP contribution in [0.5, 0.6) is 0 Å². The molecule has 1 amide bonds. The minimum Gasteiger partial charge on any atom is -0.348 e. The molecule has 0 radical (unpaired) electrons. The van der Waals surface area contributed by atoms with Gasteiger partial charge in [0.1, 0.15) is 11.5 Å². The van der Waals surface area contributed by atoms with Crippen LogP contribution in [-0.2, 0) is 0 Å². The first-order valence-electron chi connectivity index (χ1n) is 8.48. The van der Waals surface area contributed by atoms with Crippen molar-refractivity contribution in [2.45, 2.75) is 33.2 Å². The van der Waals surface area contributed by atoms with Crippen molar-refractivity contribution in [3.8, 4) is 11.1 Å². The zero-order valence-corrected chi connectivity index (χ0v) is 14.6. The number of amides is 1. The van der Waals surface area contributed by atoms with Crippen molar-refractivity contribution in [1.82, 2.24) is 10.3 Å². The number of rotatable bonds is 4. The van der Waals surface area contributed by atoms with Gasteiger partial charge in [0.2, 0.25) is 0 Å². The zero-order chi connectivity index (χ0) is 18.0. The minimum absolute atomic E-state index is 0.0529. The number of pyridine rings is 1. The van der Waals surface area contributed by atoms with Crippen LogP contribution in [0.2, 0.25) is 0 Å². The maximum absolute atomic E-state index is 14.5. The average molecular weight is 336 g/mol. The van der Waals surface area contributed by atoms with Gasteiger partial charge in [0, 0.05) is 17.0 Å². The number of benzene rings is 2. The zero-order valence-electron chi connectivity index (χ0n) is 14.6. The lowest BCUT2D eigenvalue weighted by Crippen LogP contribution is -2.33. The largest absolute Gasteiger partial charge is 0.348 e. The molecular weight excluding hydrogens is 315 g/mol. The fraction of sp³-hybridized carbons (Fsp3) is 0.238. The fourth-order valence-electron chi connectivity index (χ4n) is 2.93. The summed E-state index contributed by atoms with van der Waals surface area (Å²) in [5, 5.41) is 3.79. The minimum atomic E-state index is -0.310. The summed E-state index contributed by atoms with van der Waals surface area (Å²) in [7, 11) is 0. The number of para-hydroxylation sites is 1. The van der Waals surface area contributed by atoms with Crippen LogP contribution in [0.3, 0.4) is 0 Å². The molecule has 1 atom stereocenters. The molecule has 0 aliphatic carbocycles. The van der Waals surface area contributed by atoms with Gasteiger partial charge in [0.15, 0.2) is 0 Å². The number of nitrogens with zero attached hydrogens (tertiary/aromatic N) is 1. The predicted molar refractivity (Wildman–Crippen MR) is 99.1 cm³/mol.